The van der Waals surface area contributed by atoms with Crippen LogP contribution in [0.25, 0.3) is 0 Å². The maximum Gasteiger partial charge on any atom is 0.414 e. The number of nitrogens with zero attached hydrogens (tertiary/aromatic N) is 3. The number of rotatable bonds is 4. The van der Waals surface area contributed by atoms with E-state index in [4.69, 9.17) is 9.47 Å². The summed E-state index contributed by atoms with van der Waals surface area (Å²) in [5.74, 6) is -0.205. The van der Waals surface area contributed by atoms with Gasteiger partial charge in [-0.15, -0.1) is 0 Å². The van der Waals surface area contributed by atoms with Gasteiger partial charge in [0, 0.05) is 4.98 Å². The third-order valence-corrected chi connectivity index (χ3v) is 3.04. The number of nitro groups is 1. The number of benzene rings is 1. The molecule has 0 spiro atoms. The molecule has 7 heteroatoms. The van der Waals surface area contributed by atoms with Gasteiger partial charge < -0.3 is 19.6 Å². The molecule has 7 nitrogen and oxygen atoms in total. The molecule has 1 atom stereocenters. The molecule has 1 aliphatic heterocycles. The standard InChI is InChI=1S/C13H13N3O4/c17-16(18)12-7-15-6-11(9-20-13(15)14-12)19-8-10-4-2-1-3-5-10/h1-5,7,11H,6,8-9H2. The Morgan fingerprint density at radius 3 is 3.00 bits per heavy atom. The molecule has 1 aliphatic rings. The summed E-state index contributed by atoms with van der Waals surface area (Å²) in [7, 11) is 0. The first-order valence-corrected chi connectivity index (χ1v) is 6.22. The normalized spacial score (nSPS) is 17.3. The van der Waals surface area contributed by atoms with Crippen LogP contribution in [0.5, 0.6) is 6.01 Å². The van der Waals surface area contributed by atoms with Crippen LogP contribution >= 0.6 is 0 Å². The van der Waals surface area contributed by atoms with Crippen molar-refractivity contribution in [2.75, 3.05) is 6.61 Å². The van der Waals surface area contributed by atoms with Crippen molar-refractivity contribution in [1.29, 1.82) is 0 Å². The van der Waals surface area contributed by atoms with E-state index in [1.165, 1.54) is 6.20 Å². The maximum atomic E-state index is 10.7. The summed E-state index contributed by atoms with van der Waals surface area (Å²) in [5, 5.41) is 10.7. The molecule has 0 saturated heterocycles. The van der Waals surface area contributed by atoms with Gasteiger partial charge in [0.1, 0.15) is 18.9 Å². The van der Waals surface area contributed by atoms with Gasteiger partial charge in [0.2, 0.25) is 0 Å². The van der Waals surface area contributed by atoms with E-state index in [1.54, 1.807) is 4.57 Å². The molecule has 1 aromatic carbocycles. The quantitative estimate of drug-likeness (QED) is 0.627. The molecule has 0 fully saturated rings. The third kappa shape index (κ3) is 2.62. The van der Waals surface area contributed by atoms with E-state index in [-0.39, 0.29) is 17.9 Å². The van der Waals surface area contributed by atoms with E-state index in [0.717, 1.165) is 5.56 Å². The van der Waals surface area contributed by atoms with Gasteiger partial charge >= 0.3 is 11.8 Å². The van der Waals surface area contributed by atoms with Crippen molar-refractivity contribution in [1.82, 2.24) is 9.55 Å². The van der Waals surface area contributed by atoms with Crippen LogP contribution in [-0.2, 0) is 17.9 Å². The van der Waals surface area contributed by atoms with E-state index >= 15 is 0 Å². The van der Waals surface area contributed by atoms with Gasteiger partial charge in [-0.25, -0.2) is 0 Å². The number of imidazole rings is 1. The predicted molar refractivity (Wildman–Crippen MR) is 69.4 cm³/mol. The van der Waals surface area contributed by atoms with Gasteiger partial charge in [0.05, 0.1) is 13.2 Å². The van der Waals surface area contributed by atoms with Crippen LogP contribution < -0.4 is 4.74 Å². The summed E-state index contributed by atoms with van der Waals surface area (Å²) in [6, 6.07) is 10.1. The highest BCUT2D eigenvalue weighted by Gasteiger charge is 2.28. The highest BCUT2D eigenvalue weighted by atomic mass is 16.6. The monoisotopic (exact) mass is 275 g/mol. The average molecular weight is 275 g/mol. The highest BCUT2D eigenvalue weighted by molar-refractivity contribution is 5.21. The minimum atomic E-state index is -0.533. The molecular weight excluding hydrogens is 262 g/mol. The van der Waals surface area contributed by atoms with E-state index in [9.17, 15) is 10.1 Å². The van der Waals surface area contributed by atoms with Gasteiger partial charge in [0.25, 0.3) is 0 Å². The molecule has 104 valence electrons. The van der Waals surface area contributed by atoms with Crippen molar-refractivity contribution >= 4 is 5.82 Å². The first kappa shape index (κ1) is 12.6. The zero-order valence-corrected chi connectivity index (χ0v) is 10.6. The number of fused-ring (bicyclic) bond motifs is 1. The lowest BCUT2D eigenvalue weighted by Crippen LogP contribution is -2.32. The molecule has 1 unspecified atom stereocenters. The van der Waals surface area contributed by atoms with Crippen LogP contribution in [-0.4, -0.2) is 27.2 Å². The lowest BCUT2D eigenvalue weighted by atomic mass is 10.2. The first-order chi connectivity index (χ1) is 9.72. The lowest BCUT2D eigenvalue weighted by Gasteiger charge is -2.22. The SMILES string of the molecule is O=[N+]([O-])c1cn2c(n1)OCC(OCc1ccccc1)C2. The summed E-state index contributed by atoms with van der Waals surface area (Å²) in [6.07, 6.45) is 1.23. The Bertz CT molecular complexity index is 611. The minimum absolute atomic E-state index is 0.142. The Kier molecular flexibility index (Phi) is 3.34. The fraction of sp³-hybridized carbons (Fsp3) is 0.308. The van der Waals surface area contributed by atoms with Gasteiger partial charge in [0.15, 0.2) is 0 Å². The number of ether oxygens (including phenoxy) is 2. The average Bonchev–Trinajstić information content (AvgIpc) is 2.89. The Balaban J connectivity index is 1.62. The highest BCUT2D eigenvalue weighted by Crippen LogP contribution is 2.22. The van der Waals surface area contributed by atoms with Gasteiger partial charge in [-0.1, -0.05) is 30.3 Å². The Hall–Kier alpha value is -2.41. The van der Waals surface area contributed by atoms with Crippen molar-refractivity contribution in [3.05, 3.63) is 52.2 Å². The molecule has 3 rings (SSSR count). The maximum absolute atomic E-state index is 10.7. The molecular formula is C13H13N3O4. The van der Waals surface area contributed by atoms with Crippen molar-refractivity contribution in [3.63, 3.8) is 0 Å². The minimum Gasteiger partial charge on any atom is -0.443 e. The lowest BCUT2D eigenvalue weighted by molar-refractivity contribution is -0.389. The molecule has 20 heavy (non-hydrogen) atoms. The summed E-state index contributed by atoms with van der Waals surface area (Å²) in [6.45, 7) is 1.34. The zero-order valence-electron chi connectivity index (χ0n) is 10.6. The third-order valence-electron chi connectivity index (χ3n) is 3.04. The van der Waals surface area contributed by atoms with Crippen LogP contribution in [0.3, 0.4) is 0 Å². The summed E-state index contributed by atoms with van der Waals surface area (Å²) >= 11 is 0. The molecule has 0 aliphatic carbocycles. The smallest absolute Gasteiger partial charge is 0.414 e. The van der Waals surface area contributed by atoms with Gasteiger partial charge in [-0.3, -0.25) is 4.57 Å². The van der Waals surface area contributed by atoms with E-state index in [1.807, 2.05) is 30.3 Å². The van der Waals surface area contributed by atoms with Crippen molar-refractivity contribution in [3.8, 4) is 6.01 Å². The zero-order chi connectivity index (χ0) is 13.9. The molecule has 2 aromatic rings. The van der Waals surface area contributed by atoms with E-state index < -0.39 is 4.92 Å². The molecule has 0 N–H and O–H groups in total. The fourth-order valence-electron chi connectivity index (χ4n) is 2.05. The molecule has 1 aromatic heterocycles. The number of hydrogen-bond acceptors (Lipinski definition) is 5. The van der Waals surface area contributed by atoms with Crippen LogP contribution in [0.2, 0.25) is 0 Å². The predicted octanol–water partition coefficient (Wildman–Crippen LogP) is 1.77. The largest absolute Gasteiger partial charge is 0.443 e. The topological polar surface area (TPSA) is 79.4 Å². The molecule has 0 radical (unpaired) electrons. The van der Waals surface area contributed by atoms with Gasteiger partial charge in [-0.05, 0) is 10.5 Å². The van der Waals surface area contributed by atoms with Crippen molar-refractivity contribution in [2.45, 2.75) is 19.3 Å². The summed E-state index contributed by atoms with van der Waals surface area (Å²) < 4.78 is 12.7. The van der Waals surface area contributed by atoms with Crippen LogP contribution in [0, 0.1) is 10.1 Å². The fourth-order valence-corrected chi connectivity index (χ4v) is 2.05. The van der Waals surface area contributed by atoms with E-state index in [0.29, 0.717) is 19.8 Å². The second-order valence-electron chi connectivity index (χ2n) is 4.52. The second kappa shape index (κ2) is 5.30. The molecule has 0 saturated carbocycles. The van der Waals surface area contributed by atoms with Crippen LogP contribution in [0.4, 0.5) is 5.82 Å². The summed E-state index contributed by atoms with van der Waals surface area (Å²) in [4.78, 5) is 13.9. The number of hydrogen-bond donors (Lipinski definition) is 0. The molecule has 0 bridgehead atoms. The first-order valence-electron chi connectivity index (χ1n) is 6.22. The van der Waals surface area contributed by atoms with Crippen molar-refractivity contribution in [2.24, 2.45) is 0 Å². The van der Waals surface area contributed by atoms with Crippen molar-refractivity contribution < 1.29 is 14.4 Å². The second-order valence-corrected chi connectivity index (χ2v) is 4.52. The Morgan fingerprint density at radius 2 is 2.25 bits per heavy atom. The summed E-state index contributed by atoms with van der Waals surface area (Å²) in [5.41, 5.74) is 1.08. The van der Waals surface area contributed by atoms with E-state index in [2.05, 4.69) is 4.98 Å². The van der Waals surface area contributed by atoms with Crippen LogP contribution in [0.1, 0.15) is 5.56 Å². The Labute approximate surface area is 114 Å². The van der Waals surface area contributed by atoms with Gasteiger partial charge in [-0.2, -0.15) is 0 Å². The Morgan fingerprint density at radius 1 is 1.45 bits per heavy atom. The molecule has 2 heterocycles. The molecule has 0 amide bonds. The van der Waals surface area contributed by atoms with Crippen LogP contribution in [0.15, 0.2) is 36.5 Å². The number of aromatic nitrogens is 2.